The van der Waals surface area contributed by atoms with Gasteiger partial charge in [0, 0.05) is 11.2 Å². The molecule has 0 radical (unpaired) electrons. The Labute approximate surface area is 157 Å². The first kappa shape index (κ1) is 20.5. The summed E-state index contributed by atoms with van der Waals surface area (Å²) in [5.74, 6) is 0. The molecule has 1 unspecified atom stereocenters. The SMILES string of the molecule is CC(C)(C)[Si](OCC/C=C/O[P+](=O)O)(c1ccccc1)c1ccccc1. The molecule has 0 bridgehead atoms. The molecule has 0 amide bonds. The van der Waals surface area contributed by atoms with Crippen LogP contribution in [0.3, 0.4) is 0 Å². The van der Waals surface area contributed by atoms with Crippen LogP contribution in [0.2, 0.25) is 5.04 Å². The van der Waals surface area contributed by atoms with Crippen molar-refractivity contribution >= 4 is 26.9 Å². The average Bonchev–Trinajstić information content (AvgIpc) is 2.61. The van der Waals surface area contributed by atoms with E-state index in [-0.39, 0.29) is 5.04 Å². The van der Waals surface area contributed by atoms with Crippen molar-refractivity contribution in [2.75, 3.05) is 6.61 Å². The fourth-order valence-corrected chi connectivity index (χ4v) is 7.97. The second-order valence-electron chi connectivity index (χ2n) is 7.02. The first-order chi connectivity index (χ1) is 12.4. The molecule has 26 heavy (non-hydrogen) atoms. The normalized spacial score (nSPS) is 13.0. The number of benzene rings is 2. The molecule has 138 valence electrons. The van der Waals surface area contributed by atoms with E-state index in [9.17, 15) is 4.57 Å². The van der Waals surface area contributed by atoms with E-state index in [4.69, 9.17) is 9.32 Å². The van der Waals surface area contributed by atoms with Crippen molar-refractivity contribution in [1.29, 1.82) is 0 Å². The molecule has 1 N–H and O–H groups in total. The van der Waals surface area contributed by atoms with Crippen molar-refractivity contribution in [3.8, 4) is 0 Å². The maximum absolute atomic E-state index is 10.5. The molecule has 0 aliphatic carbocycles. The monoisotopic (exact) mass is 389 g/mol. The van der Waals surface area contributed by atoms with Gasteiger partial charge in [0.05, 0.1) is 0 Å². The smallest absolute Gasteiger partial charge is 0.407 e. The van der Waals surface area contributed by atoms with Gasteiger partial charge in [0.2, 0.25) is 0 Å². The van der Waals surface area contributed by atoms with Gasteiger partial charge >= 0.3 is 8.25 Å². The van der Waals surface area contributed by atoms with Crippen LogP contribution < -0.4 is 10.4 Å². The molecular formula is C20H26O4PSi+. The summed E-state index contributed by atoms with van der Waals surface area (Å²) in [6.45, 7) is 7.20. The summed E-state index contributed by atoms with van der Waals surface area (Å²) in [5, 5.41) is 2.40. The lowest BCUT2D eigenvalue weighted by Crippen LogP contribution is -2.66. The van der Waals surface area contributed by atoms with Gasteiger partial charge in [0.1, 0.15) is 0 Å². The van der Waals surface area contributed by atoms with E-state index in [1.165, 1.54) is 16.6 Å². The maximum atomic E-state index is 10.5. The standard InChI is InChI=1S/C20H25O4PSi/c1-20(2,3)26(18-12-6-4-7-13-18,19-14-8-5-9-15-19)24-17-11-10-16-23-25(21)22/h4-10,12-16H,11,17H2,1-3H3/p+1/b16-10+. The number of hydrogen-bond donors (Lipinski definition) is 1. The van der Waals surface area contributed by atoms with Crippen LogP contribution in [0, 0.1) is 0 Å². The van der Waals surface area contributed by atoms with Crippen LogP contribution in [0.25, 0.3) is 0 Å². The van der Waals surface area contributed by atoms with E-state index >= 15 is 0 Å². The molecule has 2 rings (SSSR count). The Kier molecular flexibility index (Phi) is 7.30. The van der Waals surface area contributed by atoms with Gasteiger partial charge in [0.15, 0.2) is 6.26 Å². The van der Waals surface area contributed by atoms with Gasteiger partial charge in [-0.3, -0.25) is 0 Å². The Bertz CT molecular complexity index is 687. The third-order valence-electron chi connectivity index (χ3n) is 4.27. The molecule has 0 saturated carbocycles. The molecule has 0 heterocycles. The second kappa shape index (κ2) is 9.24. The van der Waals surface area contributed by atoms with E-state index < -0.39 is 16.6 Å². The Balaban J connectivity index is 2.35. The summed E-state index contributed by atoms with van der Waals surface area (Å²) in [4.78, 5) is 8.65. The van der Waals surface area contributed by atoms with Crippen molar-refractivity contribution in [2.45, 2.75) is 32.2 Å². The minimum atomic E-state index is -2.60. The summed E-state index contributed by atoms with van der Waals surface area (Å²) in [6.07, 6.45) is 3.57. The molecule has 2 aromatic carbocycles. The summed E-state index contributed by atoms with van der Waals surface area (Å²) >= 11 is 0. The van der Waals surface area contributed by atoms with E-state index in [1.54, 1.807) is 6.08 Å². The van der Waals surface area contributed by atoms with Crippen LogP contribution in [-0.2, 0) is 13.5 Å². The van der Waals surface area contributed by atoms with Crippen LogP contribution in [0.4, 0.5) is 0 Å². The summed E-state index contributed by atoms with van der Waals surface area (Å²) in [7, 11) is -5.12. The highest BCUT2D eigenvalue weighted by Gasteiger charge is 2.49. The van der Waals surface area contributed by atoms with Crippen LogP contribution in [0.5, 0.6) is 0 Å². The quantitative estimate of drug-likeness (QED) is 0.319. The van der Waals surface area contributed by atoms with Crippen LogP contribution in [0.15, 0.2) is 73.0 Å². The van der Waals surface area contributed by atoms with E-state index in [0.29, 0.717) is 13.0 Å². The Morgan fingerprint density at radius 2 is 1.50 bits per heavy atom. The van der Waals surface area contributed by atoms with Gasteiger partial charge in [-0.05, 0) is 27.9 Å². The zero-order valence-corrected chi connectivity index (χ0v) is 17.4. The first-order valence-electron chi connectivity index (χ1n) is 8.61. The van der Waals surface area contributed by atoms with Crippen molar-refractivity contribution in [3.05, 3.63) is 73.0 Å². The van der Waals surface area contributed by atoms with Gasteiger partial charge in [0.25, 0.3) is 8.32 Å². The summed E-state index contributed by atoms with van der Waals surface area (Å²) < 4.78 is 21.8. The Hall–Kier alpha value is -1.78. The second-order valence-corrected chi connectivity index (χ2v) is 12.0. The van der Waals surface area contributed by atoms with Crippen molar-refractivity contribution < 1.29 is 18.4 Å². The van der Waals surface area contributed by atoms with E-state index in [2.05, 4.69) is 73.8 Å². The highest BCUT2D eigenvalue weighted by molar-refractivity contribution is 7.32. The maximum Gasteiger partial charge on any atom is 0.746 e. The van der Waals surface area contributed by atoms with Crippen LogP contribution in [-0.4, -0.2) is 19.8 Å². The molecule has 0 saturated heterocycles. The largest absolute Gasteiger partial charge is 0.746 e. The Morgan fingerprint density at radius 1 is 1.00 bits per heavy atom. The molecule has 4 nitrogen and oxygen atoms in total. The minimum Gasteiger partial charge on any atom is -0.407 e. The zero-order chi connectivity index (χ0) is 19.0. The van der Waals surface area contributed by atoms with Crippen LogP contribution in [0.1, 0.15) is 27.2 Å². The van der Waals surface area contributed by atoms with Crippen LogP contribution >= 0.6 is 8.25 Å². The lowest BCUT2D eigenvalue weighted by Gasteiger charge is -2.43. The van der Waals surface area contributed by atoms with E-state index in [1.807, 2.05) is 12.1 Å². The number of rotatable bonds is 8. The van der Waals surface area contributed by atoms with Gasteiger partial charge in [-0.15, -0.1) is 4.89 Å². The van der Waals surface area contributed by atoms with Gasteiger partial charge < -0.3 is 4.43 Å². The van der Waals surface area contributed by atoms with Crippen molar-refractivity contribution in [3.63, 3.8) is 0 Å². The third-order valence-corrected chi connectivity index (χ3v) is 9.61. The highest BCUT2D eigenvalue weighted by Crippen LogP contribution is 2.36. The fraction of sp³-hybridized carbons (Fsp3) is 0.300. The van der Waals surface area contributed by atoms with Gasteiger partial charge in [-0.2, -0.15) is 0 Å². The molecule has 0 spiro atoms. The summed E-state index contributed by atoms with van der Waals surface area (Å²) in [5.41, 5.74) is 0. The van der Waals surface area contributed by atoms with E-state index in [0.717, 1.165) is 0 Å². The molecule has 1 atom stereocenters. The molecule has 2 aromatic rings. The predicted molar refractivity (Wildman–Crippen MR) is 108 cm³/mol. The topological polar surface area (TPSA) is 55.8 Å². The van der Waals surface area contributed by atoms with Gasteiger partial charge in [-0.25, -0.2) is 4.52 Å². The molecule has 0 fully saturated rings. The van der Waals surface area contributed by atoms with Gasteiger partial charge in [-0.1, -0.05) is 81.4 Å². The van der Waals surface area contributed by atoms with Crippen molar-refractivity contribution in [1.82, 2.24) is 0 Å². The molecule has 6 heteroatoms. The average molecular weight is 389 g/mol. The minimum absolute atomic E-state index is 0.0651. The predicted octanol–water partition coefficient (Wildman–Crippen LogP) is 4.13. The number of hydrogen-bond acceptors (Lipinski definition) is 3. The summed E-state index contributed by atoms with van der Waals surface area (Å²) in [6, 6.07) is 20.9. The third kappa shape index (κ3) is 4.89. The zero-order valence-electron chi connectivity index (χ0n) is 15.5. The highest BCUT2D eigenvalue weighted by atomic mass is 31.1. The first-order valence-corrected chi connectivity index (χ1v) is 11.6. The molecular weight excluding hydrogens is 363 g/mol. The lowest BCUT2D eigenvalue weighted by molar-refractivity contribution is 0.303. The lowest BCUT2D eigenvalue weighted by atomic mass is 10.2. The molecule has 0 aliphatic heterocycles. The molecule has 0 aromatic heterocycles. The molecule has 0 aliphatic rings. The van der Waals surface area contributed by atoms with Crippen molar-refractivity contribution in [2.24, 2.45) is 0 Å². The fourth-order valence-electron chi connectivity index (χ4n) is 3.20. The Morgan fingerprint density at radius 3 is 1.92 bits per heavy atom.